The number of benzene rings is 2. The third-order valence-corrected chi connectivity index (χ3v) is 5.18. The van der Waals surface area contributed by atoms with Crippen molar-refractivity contribution in [3.8, 4) is 0 Å². The Morgan fingerprint density at radius 2 is 1.81 bits per heavy atom. The second kappa shape index (κ2) is 9.08. The zero-order chi connectivity index (χ0) is 18.4. The number of anilines is 1. The van der Waals surface area contributed by atoms with E-state index in [4.69, 9.17) is 23.2 Å². The molecule has 2 N–H and O–H groups in total. The van der Waals surface area contributed by atoms with Gasteiger partial charge in [-0.2, -0.15) is 0 Å². The molecule has 1 heterocycles. The number of carbonyl (C=O) groups excluding carboxylic acids is 1. The van der Waals surface area contributed by atoms with Crippen LogP contribution in [0.2, 0.25) is 10.0 Å². The fraction of sp³-hybridized carbons (Fsp3) is 0.250. The van der Waals surface area contributed by atoms with Gasteiger partial charge in [0.05, 0.1) is 42.8 Å². The summed E-state index contributed by atoms with van der Waals surface area (Å²) in [6.07, 6.45) is 4.35. The Morgan fingerprint density at radius 1 is 1.08 bits per heavy atom. The lowest BCUT2D eigenvalue weighted by Crippen LogP contribution is -3.14. The number of hydrogen-bond acceptors (Lipinski definition) is 1. The van der Waals surface area contributed by atoms with Gasteiger partial charge in [0.25, 0.3) is 0 Å². The van der Waals surface area contributed by atoms with E-state index >= 15 is 0 Å². The summed E-state index contributed by atoms with van der Waals surface area (Å²) in [7, 11) is 0. The van der Waals surface area contributed by atoms with E-state index < -0.39 is 0 Å². The van der Waals surface area contributed by atoms with E-state index in [1.807, 2.05) is 23.1 Å². The third kappa shape index (κ3) is 5.24. The summed E-state index contributed by atoms with van der Waals surface area (Å²) in [5, 5.41) is 3.79. The zero-order valence-corrected chi connectivity index (χ0v) is 15.9. The summed E-state index contributed by atoms with van der Waals surface area (Å²) < 4.78 is 0. The molecule has 0 bridgehead atoms. The molecule has 2 amide bonds. The molecule has 1 aliphatic heterocycles. The van der Waals surface area contributed by atoms with E-state index in [2.05, 4.69) is 29.6 Å². The Bertz CT molecular complexity index is 772. The topological polar surface area (TPSA) is 36.8 Å². The highest BCUT2D eigenvalue weighted by Gasteiger charge is 2.23. The summed E-state index contributed by atoms with van der Waals surface area (Å²) in [4.78, 5) is 15.7. The van der Waals surface area contributed by atoms with Crippen molar-refractivity contribution < 1.29 is 9.69 Å². The van der Waals surface area contributed by atoms with Crippen molar-refractivity contribution in [2.45, 2.75) is 0 Å². The molecule has 1 aliphatic rings. The molecule has 0 saturated carbocycles. The van der Waals surface area contributed by atoms with Gasteiger partial charge in [0.2, 0.25) is 0 Å². The molecule has 3 rings (SSSR count). The van der Waals surface area contributed by atoms with E-state index in [0.717, 1.165) is 32.7 Å². The van der Waals surface area contributed by atoms with Crippen molar-refractivity contribution >= 4 is 41.0 Å². The first kappa shape index (κ1) is 18.8. The molecule has 0 unspecified atom stereocenters. The molecule has 2 aromatic carbocycles. The number of carbonyl (C=O) groups is 1. The van der Waals surface area contributed by atoms with Crippen molar-refractivity contribution in [3.63, 3.8) is 0 Å². The Balaban J connectivity index is 1.44. The van der Waals surface area contributed by atoms with Crippen LogP contribution < -0.4 is 10.2 Å². The summed E-state index contributed by atoms with van der Waals surface area (Å²) in [5.74, 6) is 0. The monoisotopic (exact) mass is 390 g/mol. The molecule has 1 fully saturated rings. The number of rotatable bonds is 4. The normalized spacial score (nSPS) is 15.4. The van der Waals surface area contributed by atoms with Crippen molar-refractivity contribution in [2.24, 2.45) is 0 Å². The summed E-state index contributed by atoms with van der Waals surface area (Å²) in [6.45, 7) is 4.32. The maximum Gasteiger partial charge on any atom is 0.322 e. The van der Waals surface area contributed by atoms with Gasteiger partial charge in [-0.05, 0) is 29.8 Å². The Labute approximate surface area is 164 Å². The number of nitrogens with zero attached hydrogens (tertiary/aromatic N) is 1. The number of nitrogens with one attached hydrogen (secondary N) is 2. The first-order valence-corrected chi connectivity index (χ1v) is 9.43. The van der Waals surface area contributed by atoms with E-state index in [1.165, 1.54) is 10.5 Å². The van der Waals surface area contributed by atoms with Gasteiger partial charge < -0.3 is 15.1 Å². The SMILES string of the molecule is O=C(Nc1ccc(Cl)c(Cl)c1)N1CC[NH+](C/C=C/c2ccccc2)CC1. The predicted octanol–water partition coefficient (Wildman–Crippen LogP) is 3.44. The number of quaternary nitrogens is 1. The van der Waals surface area contributed by atoms with Crippen LogP contribution >= 0.6 is 23.2 Å². The van der Waals surface area contributed by atoms with Crippen molar-refractivity contribution in [1.82, 2.24) is 4.90 Å². The molecule has 0 radical (unpaired) electrons. The first-order valence-electron chi connectivity index (χ1n) is 8.68. The van der Waals surface area contributed by atoms with Gasteiger partial charge in [0, 0.05) is 5.69 Å². The fourth-order valence-electron chi connectivity index (χ4n) is 2.93. The predicted molar refractivity (Wildman–Crippen MR) is 108 cm³/mol. The van der Waals surface area contributed by atoms with Crippen LogP contribution in [0.1, 0.15) is 5.56 Å². The maximum atomic E-state index is 12.4. The lowest BCUT2D eigenvalue weighted by molar-refractivity contribution is -0.898. The van der Waals surface area contributed by atoms with Gasteiger partial charge in [0.1, 0.15) is 0 Å². The molecule has 2 aromatic rings. The van der Waals surface area contributed by atoms with Gasteiger partial charge in [-0.25, -0.2) is 4.79 Å². The minimum atomic E-state index is -0.0951. The number of amides is 2. The van der Waals surface area contributed by atoms with Crippen LogP contribution in [0.25, 0.3) is 6.08 Å². The second-order valence-electron chi connectivity index (χ2n) is 6.31. The summed E-state index contributed by atoms with van der Waals surface area (Å²) in [6, 6.07) is 15.3. The molecule has 4 nitrogen and oxygen atoms in total. The number of hydrogen-bond donors (Lipinski definition) is 2. The summed E-state index contributed by atoms with van der Waals surface area (Å²) >= 11 is 11.9. The van der Waals surface area contributed by atoms with Crippen LogP contribution in [-0.2, 0) is 0 Å². The average molecular weight is 391 g/mol. The number of urea groups is 1. The van der Waals surface area contributed by atoms with Crippen molar-refractivity contribution in [1.29, 1.82) is 0 Å². The van der Waals surface area contributed by atoms with Crippen LogP contribution in [0, 0.1) is 0 Å². The molecular formula is C20H22Cl2N3O+. The van der Waals surface area contributed by atoms with Crippen LogP contribution in [0.5, 0.6) is 0 Å². The molecule has 0 aliphatic carbocycles. The maximum absolute atomic E-state index is 12.4. The minimum Gasteiger partial charge on any atom is -0.329 e. The number of piperazine rings is 1. The van der Waals surface area contributed by atoms with Gasteiger partial charge in [-0.1, -0.05) is 59.6 Å². The minimum absolute atomic E-state index is 0.0951. The molecular weight excluding hydrogens is 369 g/mol. The highest BCUT2D eigenvalue weighted by Crippen LogP contribution is 2.25. The molecule has 1 saturated heterocycles. The van der Waals surface area contributed by atoms with Gasteiger partial charge in [0.15, 0.2) is 0 Å². The molecule has 0 aromatic heterocycles. The van der Waals surface area contributed by atoms with Gasteiger partial charge >= 0.3 is 6.03 Å². The lowest BCUT2D eigenvalue weighted by Gasteiger charge is -2.31. The van der Waals surface area contributed by atoms with Crippen molar-refractivity contribution in [2.75, 3.05) is 38.0 Å². The molecule has 0 spiro atoms. The molecule has 26 heavy (non-hydrogen) atoms. The van der Waals surface area contributed by atoms with Gasteiger partial charge in [-0.15, -0.1) is 0 Å². The van der Waals surface area contributed by atoms with Crippen LogP contribution in [0.4, 0.5) is 10.5 Å². The highest BCUT2D eigenvalue weighted by molar-refractivity contribution is 6.42. The van der Waals surface area contributed by atoms with Crippen LogP contribution in [0.15, 0.2) is 54.6 Å². The van der Waals surface area contributed by atoms with E-state index in [9.17, 15) is 4.79 Å². The quantitative estimate of drug-likeness (QED) is 0.823. The smallest absolute Gasteiger partial charge is 0.322 e. The second-order valence-corrected chi connectivity index (χ2v) is 7.13. The lowest BCUT2D eigenvalue weighted by atomic mass is 10.2. The Morgan fingerprint density at radius 3 is 2.50 bits per heavy atom. The largest absolute Gasteiger partial charge is 0.329 e. The fourth-order valence-corrected chi connectivity index (χ4v) is 3.23. The van der Waals surface area contributed by atoms with E-state index in [-0.39, 0.29) is 6.03 Å². The number of halogens is 2. The molecule has 136 valence electrons. The van der Waals surface area contributed by atoms with Gasteiger partial charge in [-0.3, -0.25) is 0 Å². The first-order chi connectivity index (χ1) is 12.6. The average Bonchev–Trinajstić information content (AvgIpc) is 2.66. The summed E-state index contributed by atoms with van der Waals surface area (Å²) in [5.41, 5.74) is 1.87. The van der Waals surface area contributed by atoms with Crippen LogP contribution in [-0.4, -0.2) is 43.7 Å². The standard InChI is InChI=1S/C20H21Cl2N3O/c21-18-9-8-17(15-19(18)22)23-20(26)25-13-11-24(12-14-25)10-4-7-16-5-2-1-3-6-16/h1-9,15H,10-14H2,(H,23,26)/p+1/b7-4+. The molecule has 0 atom stereocenters. The van der Waals surface area contributed by atoms with E-state index in [1.54, 1.807) is 18.2 Å². The highest BCUT2D eigenvalue weighted by atomic mass is 35.5. The molecule has 6 heteroatoms. The van der Waals surface area contributed by atoms with E-state index in [0.29, 0.717) is 15.7 Å². The Hall–Kier alpha value is -2.01. The Kier molecular flexibility index (Phi) is 6.56. The third-order valence-electron chi connectivity index (χ3n) is 4.45. The van der Waals surface area contributed by atoms with Crippen LogP contribution in [0.3, 0.4) is 0 Å². The van der Waals surface area contributed by atoms with Crippen molar-refractivity contribution in [3.05, 3.63) is 70.2 Å². The zero-order valence-electron chi connectivity index (χ0n) is 14.4.